The van der Waals surface area contributed by atoms with Gasteiger partial charge in [0.15, 0.2) is 5.78 Å². The summed E-state index contributed by atoms with van der Waals surface area (Å²) in [5.74, 6) is 0.0901. The summed E-state index contributed by atoms with van der Waals surface area (Å²) < 4.78 is 0. The molecule has 1 atom stereocenters. The zero-order valence-corrected chi connectivity index (χ0v) is 11.2. The van der Waals surface area contributed by atoms with Gasteiger partial charge in [0.1, 0.15) is 0 Å². The van der Waals surface area contributed by atoms with E-state index < -0.39 is 0 Å². The van der Waals surface area contributed by atoms with Crippen LogP contribution in [0.1, 0.15) is 49.5 Å². The summed E-state index contributed by atoms with van der Waals surface area (Å²) in [5.41, 5.74) is 7.82. The highest BCUT2D eigenvalue weighted by molar-refractivity contribution is 5.97. The van der Waals surface area contributed by atoms with Gasteiger partial charge in [-0.25, -0.2) is 0 Å². The topological polar surface area (TPSA) is 56.0 Å². The van der Waals surface area contributed by atoms with Crippen LogP contribution in [0.5, 0.6) is 0 Å². The van der Waals surface area contributed by atoms with E-state index in [9.17, 15) is 4.79 Å². The van der Waals surface area contributed by atoms with Crippen molar-refractivity contribution in [3.05, 3.63) is 29.6 Å². The first-order valence-corrected chi connectivity index (χ1v) is 5.99. The molecule has 3 nitrogen and oxygen atoms in total. The Morgan fingerprint density at radius 3 is 2.65 bits per heavy atom. The van der Waals surface area contributed by atoms with Crippen LogP contribution in [0, 0.1) is 12.3 Å². The van der Waals surface area contributed by atoms with E-state index in [0.29, 0.717) is 12.0 Å². The smallest absolute Gasteiger partial charge is 0.166 e. The molecule has 1 aromatic heterocycles. The Morgan fingerprint density at radius 2 is 2.12 bits per heavy atom. The summed E-state index contributed by atoms with van der Waals surface area (Å²) >= 11 is 0. The summed E-state index contributed by atoms with van der Waals surface area (Å²) in [6.07, 6.45) is 4.56. The number of rotatable bonds is 4. The van der Waals surface area contributed by atoms with Crippen LogP contribution in [0.25, 0.3) is 0 Å². The summed E-state index contributed by atoms with van der Waals surface area (Å²) in [7, 11) is 0. The van der Waals surface area contributed by atoms with Crippen molar-refractivity contribution in [3.8, 4) is 0 Å². The second-order valence-electron chi connectivity index (χ2n) is 5.84. The van der Waals surface area contributed by atoms with Crippen molar-refractivity contribution in [2.24, 2.45) is 11.1 Å². The van der Waals surface area contributed by atoms with Gasteiger partial charge in [0.2, 0.25) is 0 Å². The molecule has 0 bridgehead atoms. The summed E-state index contributed by atoms with van der Waals surface area (Å²) in [4.78, 5) is 16.0. The normalized spacial score (nSPS) is 13.5. The molecule has 94 valence electrons. The number of aryl methyl sites for hydroxylation is 1. The SMILES string of the molecule is Cc1ccncc1C(=O)CC(N)CC(C)(C)C. The van der Waals surface area contributed by atoms with Gasteiger partial charge < -0.3 is 5.73 Å². The van der Waals surface area contributed by atoms with Crippen LogP contribution in [0.2, 0.25) is 0 Å². The lowest BCUT2D eigenvalue weighted by Crippen LogP contribution is -2.29. The maximum absolute atomic E-state index is 12.0. The fraction of sp³-hybridized carbons (Fsp3) is 0.571. The highest BCUT2D eigenvalue weighted by Crippen LogP contribution is 2.22. The number of hydrogen-bond acceptors (Lipinski definition) is 3. The van der Waals surface area contributed by atoms with E-state index in [2.05, 4.69) is 25.8 Å². The highest BCUT2D eigenvalue weighted by atomic mass is 16.1. The van der Waals surface area contributed by atoms with Gasteiger partial charge in [0.05, 0.1) is 0 Å². The van der Waals surface area contributed by atoms with Crippen LogP contribution in [0.15, 0.2) is 18.5 Å². The summed E-state index contributed by atoms with van der Waals surface area (Å²) in [5, 5.41) is 0. The Balaban J connectivity index is 2.64. The number of carbonyl (C=O) groups is 1. The number of aromatic nitrogens is 1. The number of nitrogens with two attached hydrogens (primary N) is 1. The van der Waals surface area contributed by atoms with Gasteiger partial charge in [0, 0.05) is 30.4 Å². The number of carbonyl (C=O) groups excluding carboxylic acids is 1. The molecule has 0 aromatic carbocycles. The molecule has 0 spiro atoms. The maximum atomic E-state index is 12.0. The van der Waals surface area contributed by atoms with Crippen molar-refractivity contribution in [2.45, 2.75) is 46.6 Å². The lowest BCUT2D eigenvalue weighted by molar-refractivity contribution is 0.0967. The van der Waals surface area contributed by atoms with Gasteiger partial charge in [-0.3, -0.25) is 9.78 Å². The van der Waals surface area contributed by atoms with Crippen molar-refractivity contribution in [1.29, 1.82) is 0 Å². The summed E-state index contributed by atoms with van der Waals surface area (Å²) in [6, 6.07) is 1.77. The molecule has 0 amide bonds. The number of ketones is 1. The third kappa shape index (κ3) is 4.65. The minimum absolute atomic E-state index is 0.0814. The number of pyridine rings is 1. The van der Waals surface area contributed by atoms with Crippen molar-refractivity contribution in [2.75, 3.05) is 0 Å². The van der Waals surface area contributed by atoms with Gasteiger partial charge >= 0.3 is 0 Å². The molecule has 2 N–H and O–H groups in total. The Hall–Kier alpha value is -1.22. The minimum Gasteiger partial charge on any atom is -0.327 e. The average molecular weight is 234 g/mol. The quantitative estimate of drug-likeness (QED) is 0.815. The fourth-order valence-corrected chi connectivity index (χ4v) is 1.96. The Morgan fingerprint density at radius 1 is 1.47 bits per heavy atom. The number of nitrogens with zero attached hydrogens (tertiary/aromatic N) is 1. The predicted octanol–water partition coefficient (Wildman–Crippen LogP) is 2.73. The molecule has 0 saturated carbocycles. The molecule has 17 heavy (non-hydrogen) atoms. The van der Waals surface area contributed by atoms with Crippen molar-refractivity contribution < 1.29 is 4.79 Å². The molecule has 0 fully saturated rings. The molecule has 0 aliphatic carbocycles. The first kappa shape index (κ1) is 13.8. The molecule has 0 saturated heterocycles. The van der Waals surface area contributed by atoms with Gasteiger partial charge in [0.25, 0.3) is 0 Å². The molecular weight excluding hydrogens is 212 g/mol. The van der Waals surface area contributed by atoms with Crippen LogP contribution >= 0.6 is 0 Å². The number of hydrogen-bond donors (Lipinski definition) is 1. The predicted molar refractivity (Wildman–Crippen MR) is 70.0 cm³/mol. The van der Waals surface area contributed by atoms with E-state index >= 15 is 0 Å². The Bertz CT molecular complexity index is 393. The molecule has 1 aromatic rings. The van der Waals surface area contributed by atoms with E-state index in [1.165, 1.54) is 0 Å². The zero-order chi connectivity index (χ0) is 13.1. The Labute approximate surface area is 103 Å². The third-order valence-corrected chi connectivity index (χ3v) is 2.66. The molecule has 3 heteroatoms. The van der Waals surface area contributed by atoms with Crippen LogP contribution in [0.3, 0.4) is 0 Å². The van der Waals surface area contributed by atoms with Crippen molar-refractivity contribution in [1.82, 2.24) is 4.98 Å². The third-order valence-electron chi connectivity index (χ3n) is 2.66. The first-order chi connectivity index (χ1) is 7.79. The first-order valence-electron chi connectivity index (χ1n) is 5.99. The van der Waals surface area contributed by atoms with E-state index in [0.717, 1.165) is 12.0 Å². The number of Topliss-reactive ketones (excluding diaryl/α,β-unsaturated/α-hetero) is 1. The average Bonchev–Trinajstić information content (AvgIpc) is 2.14. The van der Waals surface area contributed by atoms with Gasteiger partial charge in [-0.05, 0) is 30.4 Å². The molecule has 0 aliphatic heterocycles. The lowest BCUT2D eigenvalue weighted by atomic mass is 9.86. The van der Waals surface area contributed by atoms with Gasteiger partial charge in [-0.1, -0.05) is 20.8 Å². The van der Waals surface area contributed by atoms with E-state index in [1.54, 1.807) is 12.4 Å². The van der Waals surface area contributed by atoms with Crippen LogP contribution in [0.4, 0.5) is 0 Å². The molecule has 0 aliphatic rings. The van der Waals surface area contributed by atoms with Crippen molar-refractivity contribution >= 4 is 5.78 Å². The highest BCUT2D eigenvalue weighted by Gasteiger charge is 2.19. The molecule has 0 radical (unpaired) electrons. The molecular formula is C14H22N2O. The van der Waals surface area contributed by atoms with E-state index in [4.69, 9.17) is 5.73 Å². The van der Waals surface area contributed by atoms with E-state index in [1.807, 2.05) is 13.0 Å². The molecule has 1 heterocycles. The standard InChI is InChI=1S/C14H22N2O/c1-10-5-6-16-9-12(10)13(17)7-11(15)8-14(2,3)4/h5-6,9,11H,7-8,15H2,1-4H3. The zero-order valence-electron chi connectivity index (χ0n) is 11.2. The van der Waals surface area contributed by atoms with Crippen molar-refractivity contribution in [3.63, 3.8) is 0 Å². The van der Waals surface area contributed by atoms with Crippen LogP contribution in [-0.4, -0.2) is 16.8 Å². The Kier molecular flexibility index (Phi) is 4.40. The van der Waals surface area contributed by atoms with Crippen LogP contribution in [-0.2, 0) is 0 Å². The lowest BCUT2D eigenvalue weighted by Gasteiger charge is -2.22. The largest absolute Gasteiger partial charge is 0.327 e. The summed E-state index contributed by atoms with van der Waals surface area (Å²) in [6.45, 7) is 8.32. The van der Waals surface area contributed by atoms with Gasteiger partial charge in [-0.15, -0.1) is 0 Å². The fourth-order valence-electron chi connectivity index (χ4n) is 1.96. The maximum Gasteiger partial charge on any atom is 0.166 e. The second kappa shape index (κ2) is 5.41. The van der Waals surface area contributed by atoms with E-state index in [-0.39, 0.29) is 17.2 Å². The second-order valence-corrected chi connectivity index (χ2v) is 5.84. The molecule has 1 unspecified atom stereocenters. The van der Waals surface area contributed by atoms with Gasteiger partial charge in [-0.2, -0.15) is 0 Å². The van der Waals surface area contributed by atoms with Crippen LogP contribution < -0.4 is 5.73 Å². The minimum atomic E-state index is -0.0814. The molecule has 1 rings (SSSR count). The monoisotopic (exact) mass is 234 g/mol.